The number of anilines is 1. The summed E-state index contributed by atoms with van der Waals surface area (Å²) in [5, 5.41) is 0. The summed E-state index contributed by atoms with van der Waals surface area (Å²) in [4.78, 5) is 2.55. The van der Waals surface area contributed by atoms with E-state index in [1.807, 2.05) is 0 Å². The van der Waals surface area contributed by atoms with Crippen LogP contribution in [0.25, 0.3) is 0 Å². The highest BCUT2D eigenvalue weighted by atomic mass is 15.2. The fraction of sp³-hybridized carbons (Fsp3) is 0.400. The average molecular weight is 279 g/mol. The van der Waals surface area contributed by atoms with Gasteiger partial charge in [-0.1, -0.05) is 55.5 Å². The molecule has 110 valence electrons. The average Bonchev–Trinajstić information content (AvgIpc) is 2.48. The van der Waals surface area contributed by atoms with Crippen LogP contribution in [-0.2, 0) is 5.41 Å². The topological polar surface area (TPSA) is 3.24 Å². The van der Waals surface area contributed by atoms with Crippen LogP contribution in [0.5, 0.6) is 0 Å². The van der Waals surface area contributed by atoms with Crippen molar-refractivity contribution < 1.29 is 0 Å². The number of hydrogen-bond donors (Lipinski definition) is 0. The third kappa shape index (κ3) is 2.16. The number of para-hydroxylation sites is 1. The Balaban J connectivity index is 2.23. The molecule has 3 rings (SSSR count). The molecule has 1 aliphatic heterocycles. The van der Waals surface area contributed by atoms with Crippen molar-refractivity contribution >= 4 is 5.69 Å². The second kappa shape index (κ2) is 4.91. The van der Waals surface area contributed by atoms with Crippen molar-refractivity contribution in [2.45, 2.75) is 45.1 Å². The second-order valence-corrected chi connectivity index (χ2v) is 6.95. The molecule has 0 saturated heterocycles. The van der Waals surface area contributed by atoms with Gasteiger partial charge in [-0.15, -0.1) is 0 Å². The quantitative estimate of drug-likeness (QED) is 0.747. The molecule has 1 atom stereocenters. The van der Waals surface area contributed by atoms with Crippen molar-refractivity contribution in [3.05, 3.63) is 65.7 Å². The fourth-order valence-corrected chi connectivity index (χ4v) is 4.22. The van der Waals surface area contributed by atoms with Crippen LogP contribution in [0, 0.1) is 0 Å². The Morgan fingerprint density at radius 2 is 1.52 bits per heavy atom. The fourth-order valence-electron chi connectivity index (χ4n) is 4.22. The maximum atomic E-state index is 2.55. The van der Waals surface area contributed by atoms with Gasteiger partial charge >= 0.3 is 0 Å². The van der Waals surface area contributed by atoms with Gasteiger partial charge in [-0.25, -0.2) is 0 Å². The minimum atomic E-state index is 0.0764. The minimum absolute atomic E-state index is 0.0764. The monoisotopic (exact) mass is 279 g/mol. The zero-order valence-electron chi connectivity index (χ0n) is 13.6. The van der Waals surface area contributed by atoms with Crippen LogP contribution < -0.4 is 4.90 Å². The highest BCUT2D eigenvalue weighted by Gasteiger charge is 2.44. The summed E-state index contributed by atoms with van der Waals surface area (Å²) in [5.41, 5.74) is 4.50. The molecule has 1 unspecified atom stereocenters. The first-order valence-electron chi connectivity index (χ1n) is 7.92. The molecule has 1 heterocycles. The molecule has 0 saturated carbocycles. The van der Waals surface area contributed by atoms with Gasteiger partial charge in [0.05, 0.1) is 0 Å². The molecule has 0 bridgehead atoms. The Labute approximate surface area is 128 Å². The van der Waals surface area contributed by atoms with Crippen molar-refractivity contribution in [2.24, 2.45) is 0 Å². The van der Waals surface area contributed by atoms with E-state index in [1.165, 1.54) is 16.8 Å². The standard InChI is InChI=1S/C20H25N/c1-5-21-18-14-10-9-13-17(18)20(4,15-19(21,2)3)16-11-7-6-8-12-16/h6-14H,5,15H2,1-4H3. The summed E-state index contributed by atoms with van der Waals surface area (Å²) in [7, 11) is 0. The van der Waals surface area contributed by atoms with E-state index in [2.05, 4.69) is 87.2 Å². The minimum Gasteiger partial charge on any atom is -0.366 e. The third-order valence-corrected chi connectivity index (χ3v) is 5.03. The highest BCUT2D eigenvalue weighted by molar-refractivity contribution is 5.64. The van der Waals surface area contributed by atoms with E-state index in [1.54, 1.807) is 0 Å². The number of hydrogen-bond acceptors (Lipinski definition) is 1. The van der Waals surface area contributed by atoms with Crippen molar-refractivity contribution in [1.29, 1.82) is 0 Å². The molecule has 0 radical (unpaired) electrons. The van der Waals surface area contributed by atoms with E-state index in [-0.39, 0.29) is 11.0 Å². The van der Waals surface area contributed by atoms with Crippen LogP contribution in [0.2, 0.25) is 0 Å². The molecule has 0 aliphatic carbocycles. The van der Waals surface area contributed by atoms with Gasteiger partial charge in [0, 0.05) is 23.2 Å². The van der Waals surface area contributed by atoms with E-state index < -0.39 is 0 Å². The highest BCUT2D eigenvalue weighted by Crippen LogP contribution is 2.49. The third-order valence-electron chi connectivity index (χ3n) is 5.03. The molecule has 0 spiro atoms. The summed E-state index contributed by atoms with van der Waals surface area (Å²) in [6, 6.07) is 19.9. The summed E-state index contributed by atoms with van der Waals surface area (Å²) < 4.78 is 0. The molecule has 0 fully saturated rings. The smallest absolute Gasteiger partial charge is 0.0412 e. The van der Waals surface area contributed by atoms with Crippen molar-refractivity contribution in [2.75, 3.05) is 11.4 Å². The van der Waals surface area contributed by atoms with E-state index in [0.717, 1.165) is 13.0 Å². The van der Waals surface area contributed by atoms with Gasteiger partial charge in [0.25, 0.3) is 0 Å². The maximum absolute atomic E-state index is 2.55. The Morgan fingerprint density at radius 1 is 0.905 bits per heavy atom. The SMILES string of the molecule is CCN1c2ccccc2C(C)(c2ccccc2)CC1(C)C. The number of rotatable bonds is 2. The number of fused-ring (bicyclic) bond motifs is 1. The van der Waals surface area contributed by atoms with Gasteiger partial charge in [-0.05, 0) is 44.4 Å². The van der Waals surface area contributed by atoms with Gasteiger partial charge in [-0.3, -0.25) is 0 Å². The predicted octanol–water partition coefficient (Wildman–Crippen LogP) is 5.00. The lowest BCUT2D eigenvalue weighted by Crippen LogP contribution is -2.53. The Hall–Kier alpha value is -1.76. The summed E-state index contributed by atoms with van der Waals surface area (Å²) in [6.07, 6.45) is 1.13. The van der Waals surface area contributed by atoms with Gasteiger partial charge in [-0.2, -0.15) is 0 Å². The van der Waals surface area contributed by atoms with Crippen LogP contribution >= 0.6 is 0 Å². The maximum Gasteiger partial charge on any atom is 0.0412 e. The lowest BCUT2D eigenvalue weighted by molar-refractivity contribution is 0.326. The molecule has 2 aromatic carbocycles. The molecular weight excluding hydrogens is 254 g/mol. The molecule has 21 heavy (non-hydrogen) atoms. The largest absolute Gasteiger partial charge is 0.366 e. The Bertz CT molecular complexity index is 629. The Morgan fingerprint density at radius 3 is 2.19 bits per heavy atom. The number of nitrogens with zero attached hydrogens (tertiary/aromatic N) is 1. The lowest BCUT2D eigenvalue weighted by atomic mass is 9.65. The molecule has 2 aromatic rings. The summed E-state index contributed by atoms with van der Waals surface area (Å²) in [6.45, 7) is 10.4. The van der Waals surface area contributed by atoms with E-state index in [4.69, 9.17) is 0 Å². The van der Waals surface area contributed by atoms with Crippen LogP contribution in [0.4, 0.5) is 5.69 Å². The van der Waals surface area contributed by atoms with E-state index in [0.29, 0.717) is 0 Å². The summed E-state index contributed by atoms with van der Waals surface area (Å²) >= 11 is 0. The van der Waals surface area contributed by atoms with Gasteiger partial charge in [0.15, 0.2) is 0 Å². The number of benzene rings is 2. The van der Waals surface area contributed by atoms with Crippen LogP contribution in [0.3, 0.4) is 0 Å². The van der Waals surface area contributed by atoms with Crippen molar-refractivity contribution in [3.63, 3.8) is 0 Å². The molecule has 1 nitrogen and oxygen atoms in total. The van der Waals surface area contributed by atoms with Gasteiger partial charge in [0.2, 0.25) is 0 Å². The van der Waals surface area contributed by atoms with Crippen molar-refractivity contribution in [3.8, 4) is 0 Å². The van der Waals surface area contributed by atoms with Crippen molar-refractivity contribution in [1.82, 2.24) is 0 Å². The predicted molar refractivity (Wildman–Crippen MR) is 91.1 cm³/mol. The van der Waals surface area contributed by atoms with Gasteiger partial charge in [0.1, 0.15) is 0 Å². The van der Waals surface area contributed by atoms with Crippen LogP contribution in [0.15, 0.2) is 54.6 Å². The second-order valence-electron chi connectivity index (χ2n) is 6.95. The zero-order chi connectivity index (χ0) is 15.1. The first-order chi connectivity index (χ1) is 9.99. The van der Waals surface area contributed by atoms with Crippen LogP contribution in [-0.4, -0.2) is 12.1 Å². The molecule has 0 amide bonds. The molecular formula is C20H25N. The lowest BCUT2D eigenvalue weighted by Gasteiger charge is -2.52. The van der Waals surface area contributed by atoms with E-state index in [9.17, 15) is 0 Å². The normalized spacial score (nSPS) is 23.7. The molecule has 1 heteroatoms. The first-order valence-corrected chi connectivity index (χ1v) is 7.92. The molecule has 0 N–H and O–H groups in total. The zero-order valence-corrected chi connectivity index (χ0v) is 13.6. The Kier molecular flexibility index (Phi) is 3.32. The molecule has 0 aromatic heterocycles. The van der Waals surface area contributed by atoms with Gasteiger partial charge < -0.3 is 4.90 Å². The summed E-state index contributed by atoms with van der Waals surface area (Å²) in [5.74, 6) is 0. The van der Waals surface area contributed by atoms with E-state index >= 15 is 0 Å². The first kappa shape index (κ1) is 14.2. The van der Waals surface area contributed by atoms with Crippen LogP contribution in [0.1, 0.15) is 45.2 Å². The molecule has 1 aliphatic rings.